The molecule has 0 unspecified atom stereocenters. The van der Waals surface area contributed by atoms with Gasteiger partial charge in [0, 0.05) is 103 Å². The van der Waals surface area contributed by atoms with Crippen LogP contribution in [0.4, 0.5) is 0 Å². The predicted octanol–water partition coefficient (Wildman–Crippen LogP) is -3.01. The summed E-state index contributed by atoms with van der Waals surface area (Å²) >= 11 is 5.68. The van der Waals surface area contributed by atoms with Gasteiger partial charge in [0.25, 0.3) is 0 Å². The molecule has 0 saturated carbocycles. The first-order valence-electron chi connectivity index (χ1n) is 14.8. The number of thiocarbonyl (C=S) groups is 1. The zero-order valence-corrected chi connectivity index (χ0v) is 25.8. The number of azide groups is 1. The number of amides is 1. The van der Waals surface area contributed by atoms with Gasteiger partial charge in [-0.2, -0.15) is 0 Å². The summed E-state index contributed by atoms with van der Waals surface area (Å²) in [6, 6.07) is 0. The molecule has 16 nitrogen and oxygen atoms in total. The second-order valence-corrected chi connectivity index (χ2v) is 10.9. The Hall–Kier alpha value is -1.89. The molecule has 17 heteroatoms. The van der Waals surface area contributed by atoms with Gasteiger partial charge in [-0.3, -0.25) is 4.79 Å². The Morgan fingerprint density at radius 2 is 1.14 bits per heavy atom. The summed E-state index contributed by atoms with van der Waals surface area (Å²) < 4.78 is 16.4. The van der Waals surface area contributed by atoms with Gasteiger partial charge in [-0.05, 0) is 17.7 Å². The molecule has 0 radical (unpaired) electrons. The molecule has 9 N–H and O–H groups in total. The normalized spacial score (nSPS) is 24.5. The number of hydrogen-bond acceptors (Lipinski definition) is 12. The molecule has 0 aromatic heterocycles. The first-order valence-corrected chi connectivity index (χ1v) is 15.2. The second kappa shape index (κ2) is 22.6. The van der Waals surface area contributed by atoms with E-state index in [1.807, 2.05) is 0 Å². The molecule has 3 saturated heterocycles. The summed E-state index contributed by atoms with van der Waals surface area (Å²) in [6.45, 7) is 14.0. The lowest BCUT2D eigenvalue weighted by molar-refractivity contribution is -0.120. The van der Waals surface area contributed by atoms with Gasteiger partial charge in [0.2, 0.25) is 5.91 Å². The fraction of sp³-hybridized carbons (Fsp3) is 0.920. The van der Waals surface area contributed by atoms with Gasteiger partial charge in [0.15, 0.2) is 5.11 Å². The third kappa shape index (κ3) is 16.7. The molecule has 0 atom stereocenters. The average Bonchev–Trinajstić information content (AvgIpc) is 2.96. The number of fused-ring (bicyclic) bond motifs is 15. The lowest BCUT2D eigenvalue weighted by atomic mass is 9.97. The van der Waals surface area contributed by atoms with Gasteiger partial charge in [-0.25, -0.2) is 0 Å². The maximum absolute atomic E-state index is 12.0. The van der Waals surface area contributed by atoms with Crippen molar-refractivity contribution in [3.05, 3.63) is 10.4 Å². The number of ether oxygens (including phenoxy) is 3. The highest BCUT2D eigenvalue weighted by Crippen LogP contribution is 2.05. The Bertz CT molecular complexity index is 762. The van der Waals surface area contributed by atoms with E-state index in [0.717, 1.165) is 39.3 Å². The van der Waals surface area contributed by atoms with Crippen LogP contribution in [0.25, 0.3) is 10.4 Å². The standard InChI is InChI=1S/C25H52N12O4S/c1-22(38)35-24-16-27-2-5-30-19-25(20-31-6-3-28-17-24,21-32-7-4-29-18-24)36-23(42)33-8-10-39-12-14-41-15-13-40-11-9-34-37-26/h27-32H,2-21H2,1H3,(H,35,38)(H2,33,36,42). The predicted molar refractivity (Wildman–Crippen MR) is 167 cm³/mol. The van der Waals surface area contributed by atoms with Crippen molar-refractivity contribution in [2.45, 2.75) is 18.0 Å². The van der Waals surface area contributed by atoms with Crippen molar-refractivity contribution in [3.63, 3.8) is 0 Å². The van der Waals surface area contributed by atoms with E-state index in [9.17, 15) is 4.79 Å². The molecule has 3 fully saturated rings. The highest BCUT2D eigenvalue weighted by atomic mass is 32.1. The van der Waals surface area contributed by atoms with Crippen LogP contribution in [0, 0.1) is 0 Å². The maximum Gasteiger partial charge on any atom is 0.217 e. The molecular weight excluding hydrogens is 564 g/mol. The van der Waals surface area contributed by atoms with E-state index in [4.69, 9.17) is 32.0 Å². The lowest BCUT2D eigenvalue weighted by Gasteiger charge is -2.39. The van der Waals surface area contributed by atoms with Gasteiger partial charge in [0.1, 0.15) is 0 Å². The smallest absolute Gasteiger partial charge is 0.217 e. The minimum atomic E-state index is -0.412. The van der Waals surface area contributed by atoms with E-state index in [2.05, 4.69) is 57.9 Å². The van der Waals surface area contributed by atoms with Crippen molar-refractivity contribution >= 4 is 23.2 Å². The first-order chi connectivity index (χ1) is 20.5. The quantitative estimate of drug-likeness (QED) is 0.0314. The minimum absolute atomic E-state index is 0.0311. The molecule has 3 aliphatic heterocycles. The van der Waals surface area contributed by atoms with E-state index in [1.165, 1.54) is 0 Å². The Morgan fingerprint density at radius 1 is 0.738 bits per heavy atom. The number of nitrogens with one attached hydrogen (secondary N) is 9. The summed E-state index contributed by atoms with van der Waals surface area (Å²) in [4.78, 5) is 14.7. The Kier molecular flexibility index (Phi) is 19.6. The summed E-state index contributed by atoms with van der Waals surface area (Å²) in [5, 5.41) is 35.4. The SMILES string of the molecule is CC(=O)NC12CNCCNCC(NC(=S)NCCOCCOCCOCCN=[N+]=[N-])(CNCCNC1)CNCCNC2. The number of carbonyl (C=O) groups excluding carboxylic acids is 1. The van der Waals surface area contributed by atoms with E-state index < -0.39 is 5.54 Å². The third-order valence-corrected chi connectivity index (χ3v) is 6.96. The Morgan fingerprint density at radius 3 is 1.57 bits per heavy atom. The fourth-order valence-corrected chi connectivity index (χ4v) is 5.04. The minimum Gasteiger partial charge on any atom is -0.379 e. The zero-order chi connectivity index (χ0) is 30.2. The number of rotatable bonds is 14. The third-order valence-electron chi connectivity index (χ3n) is 6.71. The van der Waals surface area contributed by atoms with E-state index >= 15 is 0 Å². The topological polar surface area (TPSA) is 202 Å². The van der Waals surface area contributed by atoms with Crippen LogP contribution in [0.1, 0.15) is 6.92 Å². The van der Waals surface area contributed by atoms with Crippen LogP contribution in [-0.4, -0.2) is 153 Å². The molecule has 3 rings (SSSR count). The fourth-order valence-electron chi connectivity index (χ4n) is 4.72. The molecule has 3 heterocycles. The van der Waals surface area contributed by atoms with Crippen molar-refractivity contribution in [2.24, 2.45) is 5.11 Å². The van der Waals surface area contributed by atoms with Crippen LogP contribution in [0.2, 0.25) is 0 Å². The highest BCUT2D eigenvalue weighted by molar-refractivity contribution is 7.80. The van der Waals surface area contributed by atoms with Crippen LogP contribution >= 0.6 is 12.2 Å². The number of carbonyl (C=O) groups is 1. The van der Waals surface area contributed by atoms with Crippen LogP contribution in [0.5, 0.6) is 0 Å². The summed E-state index contributed by atoms with van der Waals surface area (Å²) in [7, 11) is 0. The Labute approximate surface area is 254 Å². The van der Waals surface area contributed by atoms with Crippen molar-refractivity contribution in [2.75, 3.05) is 131 Å². The number of hydrogen-bond donors (Lipinski definition) is 9. The van der Waals surface area contributed by atoms with E-state index in [0.29, 0.717) is 97.1 Å². The Balaban J connectivity index is 1.79. The average molecular weight is 617 g/mol. The van der Waals surface area contributed by atoms with E-state index in [-0.39, 0.29) is 11.4 Å². The molecule has 3 aliphatic rings. The van der Waals surface area contributed by atoms with Crippen LogP contribution < -0.4 is 47.9 Å². The van der Waals surface area contributed by atoms with E-state index in [1.54, 1.807) is 6.92 Å². The molecule has 2 bridgehead atoms. The molecule has 0 aromatic rings. The summed E-state index contributed by atoms with van der Waals surface area (Å²) in [5.41, 5.74) is 7.45. The monoisotopic (exact) mass is 616 g/mol. The highest BCUT2D eigenvalue weighted by Gasteiger charge is 2.32. The van der Waals surface area contributed by atoms with Gasteiger partial charge >= 0.3 is 0 Å². The molecule has 42 heavy (non-hydrogen) atoms. The zero-order valence-electron chi connectivity index (χ0n) is 25.0. The lowest BCUT2D eigenvalue weighted by Crippen LogP contribution is -2.68. The van der Waals surface area contributed by atoms with Gasteiger partial charge in [0.05, 0.1) is 50.7 Å². The molecule has 1 amide bonds. The molecule has 0 aromatic carbocycles. The molecule has 0 spiro atoms. The van der Waals surface area contributed by atoms with Crippen molar-refractivity contribution in [1.29, 1.82) is 0 Å². The van der Waals surface area contributed by atoms with Crippen molar-refractivity contribution in [3.8, 4) is 0 Å². The second-order valence-electron chi connectivity index (χ2n) is 10.5. The van der Waals surface area contributed by atoms with Crippen molar-refractivity contribution < 1.29 is 19.0 Å². The first kappa shape index (κ1) is 36.3. The largest absolute Gasteiger partial charge is 0.379 e. The summed E-state index contributed by atoms with van der Waals surface area (Å²) in [5.74, 6) is -0.0311. The van der Waals surface area contributed by atoms with Crippen LogP contribution in [0.15, 0.2) is 5.11 Å². The van der Waals surface area contributed by atoms with Crippen molar-refractivity contribution in [1.82, 2.24) is 47.9 Å². The summed E-state index contributed by atoms with van der Waals surface area (Å²) in [6.07, 6.45) is 0. The molecular formula is C25H52N12O4S. The van der Waals surface area contributed by atoms with Gasteiger partial charge in [-0.1, -0.05) is 5.11 Å². The molecule has 242 valence electrons. The van der Waals surface area contributed by atoms with Crippen LogP contribution in [-0.2, 0) is 19.0 Å². The van der Waals surface area contributed by atoms with Crippen LogP contribution in [0.3, 0.4) is 0 Å². The van der Waals surface area contributed by atoms with Gasteiger partial charge in [-0.15, -0.1) is 0 Å². The van der Waals surface area contributed by atoms with Gasteiger partial charge < -0.3 is 62.1 Å². The maximum atomic E-state index is 12.0. The molecule has 0 aliphatic carbocycles. The number of nitrogens with zero attached hydrogens (tertiary/aromatic N) is 3.